The van der Waals surface area contributed by atoms with Gasteiger partial charge < -0.3 is 14.2 Å². The van der Waals surface area contributed by atoms with Crippen LogP contribution in [0.2, 0.25) is 0 Å². The van der Waals surface area contributed by atoms with Crippen LogP contribution in [0.3, 0.4) is 0 Å². The Morgan fingerprint density at radius 3 is 2.56 bits per heavy atom. The summed E-state index contributed by atoms with van der Waals surface area (Å²) < 4.78 is 10.8. The fourth-order valence-corrected chi connectivity index (χ4v) is 3.21. The number of thiophene rings is 1. The van der Waals surface area contributed by atoms with Crippen LogP contribution in [0.25, 0.3) is 22.5 Å². The van der Waals surface area contributed by atoms with Crippen molar-refractivity contribution in [2.75, 3.05) is 0 Å². The summed E-state index contributed by atoms with van der Waals surface area (Å²) in [7, 11) is 0. The van der Waals surface area contributed by atoms with E-state index in [0.29, 0.717) is 17.9 Å². The van der Waals surface area contributed by atoms with Gasteiger partial charge >= 0.3 is 0 Å². The number of amides is 1. The maximum atomic E-state index is 12.3. The molecule has 5 heteroatoms. The number of furan rings is 2. The van der Waals surface area contributed by atoms with E-state index in [-0.39, 0.29) is 5.91 Å². The summed E-state index contributed by atoms with van der Waals surface area (Å²) in [6, 6.07) is 15.2. The van der Waals surface area contributed by atoms with Crippen molar-refractivity contribution in [3.63, 3.8) is 0 Å². The molecule has 3 heterocycles. The molecule has 0 saturated heterocycles. The lowest BCUT2D eigenvalue weighted by atomic mass is 10.1. The van der Waals surface area contributed by atoms with Gasteiger partial charge in [0.25, 0.3) is 5.91 Å². The lowest BCUT2D eigenvalue weighted by Crippen LogP contribution is -2.22. The second-order valence-corrected chi connectivity index (χ2v) is 6.33. The predicted molar refractivity (Wildman–Crippen MR) is 97.3 cm³/mol. The molecule has 1 N–H and O–H groups in total. The molecule has 0 saturated carbocycles. The van der Waals surface area contributed by atoms with Crippen molar-refractivity contribution >= 4 is 17.2 Å². The van der Waals surface area contributed by atoms with Crippen LogP contribution in [0.4, 0.5) is 0 Å². The van der Waals surface area contributed by atoms with Gasteiger partial charge in [-0.3, -0.25) is 4.79 Å². The Morgan fingerprint density at radius 1 is 0.960 bits per heavy atom. The molecule has 4 nitrogen and oxygen atoms in total. The maximum absolute atomic E-state index is 12.3. The van der Waals surface area contributed by atoms with Crippen LogP contribution in [0.1, 0.15) is 16.1 Å². The molecule has 0 spiro atoms. The highest BCUT2D eigenvalue weighted by Gasteiger charge is 2.09. The van der Waals surface area contributed by atoms with Crippen molar-refractivity contribution in [2.24, 2.45) is 0 Å². The molecule has 0 aliphatic carbocycles. The molecule has 0 aliphatic rings. The second kappa shape index (κ2) is 6.83. The highest BCUT2D eigenvalue weighted by Crippen LogP contribution is 2.23. The standard InChI is InChI=1S/C20H15NO3S/c22-20(15-3-1-14(2-4-15)17-8-10-25-13-17)21-11-18-5-6-19(24-18)16-7-9-23-12-16/h1-10,12-13H,11H2,(H,21,22). The first-order valence-corrected chi connectivity index (χ1v) is 8.76. The third-order valence-electron chi connectivity index (χ3n) is 3.89. The summed E-state index contributed by atoms with van der Waals surface area (Å²) in [6.07, 6.45) is 3.22. The van der Waals surface area contributed by atoms with Gasteiger partial charge in [0.05, 0.1) is 18.4 Å². The molecule has 0 aliphatic heterocycles. The zero-order valence-electron chi connectivity index (χ0n) is 13.3. The second-order valence-electron chi connectivity index (χ2n) is 5.55. The van der Waals surface area contributed by atoms with Gasteiger partial charge in [0.2, 0.25) is 0 Å². The van der Waals surface area contributed by atoms with E-state index in [1.807, 2.05) is 47.8 Å². The van der Waals surface area contributed by atoms with Crippen molar-refractivity contribution < 1.29 is 13.6 Å². The minimum Gasteiger partial charge on any atom is -0.472 e. The van der Waals surface area contributed by atoms with E-state index in [1.165, 1.54) is 5.56 Å². The van der Waals surface area contributed by atoms with Crippen molar-refractivity contribution in [1.82, 2.24) is 5.32 Å². The SMILES string of the molecule is O=C(NCc1ccc(-c2ccoc2)o1)c1ccc(-c2ccsc2)cc1. The predicted octanol–water partition coefficient (Wildman–Crippen LogP) is 5.20. The highest BCUT2D eigenvalue weighted by molar-refractivity contribution is 7.08. The number of nitrogens with one attached hydrogen (secondary N) is 1. The van der Waals surface area contributed by atoms with Gasteiger partial charge in [-0.1, -0.05) is 12.1 Å². The molecule has 0 atom stereocenters. The van der Waals surface area contributed by atoms with E-state index in [4.69, 9.17) is 8.83 Å². The average Bonchev–Trinajstić information content (AvgIpc) is 3.42. The van der Waals surface area contributed by atoms with E-state index in [0.717, 1.165) is 16.9 Å². The first-order chi connectivity index (χ1) is 12.3. The van der Waals surface area contributed by atoms with Crippen LogP contribution in [-0.2, 0) is 6.54 Å². The minimum absolute atomic E-state index is 0.127. The smallest absolute Gasteiger partial charge is 0.251 e. The van der Waals surface area contributed by atoms with Crippen LogP contribution in [0.5, 0.6) is 0 Å². The lowest BCUT2D eigenvalue weighted by molar-refractivity contribution is 0.0948. The van der Waals surface area contributed by atoms with Crippen molar-refractivity contribution in [3.8, 4) is 22.5 Å². The molecule has 124 valence electrons. The maximum Gasteiger partial charge on any atom is 0.251 e. The summed E-state index contributed by atoms with van der Waals surface area (Å²) in [5.74, 6) is 1.29. The Kier molecular flexibility index (Phi) is 4.23. The molecule has 1 amide bonds. The summed E-state index contributed by atoms with van der Waals surface area (Å²) >= 11 is 1.66. The monoisotopic (exact) mass is 349 g/mol. The zero-order chi connectivity index (χ0) is 17.1. The summed E-state index contributed by atoms with van der Waals surface area (Å²) in [5.41, 5.74) is 3.77. The number of carbonyl (C=O) groups is 1. The van der Waals surface area contributed by atoms with Crippen molar-refractivity contribution in [3.05, 3.63) is 83.1 Å². The fraction of sp³-hybridized carbons (Fsp3) is 0.0500. The van der Waals surface area contributed by atoms with Crippen molar-refractivity contribution in [2.45, 2.75) is 6.54 Å². The summed E-state index contributed by atoms with van der Waals surface area (Å²) in [6.45, 7) is 0.336. The minimum atomic E-state index is -0.127. The van der Waals surface area contributed by atoms with Gasteiger partial charge in [-0.15, -0.1) is 0 Å². The molecule has 0 unspecified atom stereocenters. The summed E-state index contributed by atoms with van der Waals surface area (Å²) in [5, 5.41) is 7.00. The van der Waals surface area contributed by atoms with Gasteiger partial charge in [0.15, 0.2) is 0 Å². The van der Waals surface area contributed by atoms with Gasteiger partial charge in [0, 0.05) is 5.56 Å². The van der Waals surface area contributed by atoms with E-state index in [9.17, 15) is 4.79 Å². The first-order valence-electron chi connectivity index (χ1n) is 7.82. The number of hydrogen-bond donors (Lipinski definition) is 1. The van der Waals surface area contributed by atoms with Crippen LogP contribution >= 0.6 is 11.3 Å². The van der Waals surface area contributed by atoms with Gasteiger partial charge in [-0.05, 0) is 58.3 Å². The average molecular weight is 349 g/mol. The van der Waals surface area contributed by atoms with Crippen LogP contribution in [0.15, 0.2) is 80.7 Å². The van der Waals surface area contributed by atoms with Gasteiger partial charge in [-0.25, -0.2) is 0 Å². The van der Waals surface area contributed by atoms with Crippen LogP contribution < -0.4 is 5.32 Å². The number of benzene rings is 1. The summed E-state index contributed by atoms with van der Waals surface area (Å²) in [4.78, 5) is 12.3. The quantitative estimate of drug-likeness (QED) is 0.539. The molecule has 4 rings (SSSR count). The Balaban J connectivity index is 1.39. The van der Waals surface area contributed by atoms with Gasteiger partial charge in [-0.2, -0.15) is 11.3 Å². The molecular weight excluding hydrogens is 334 g/mol. The number of hydrogen-bond acceptors (Lipinski definition) is 4. The van der Waals surface area contributed by atoms with Gasteiger partial charge in [0.1, 0.15) is 17.8 Å². The normalized spacial score (nSPS) is 10.7. The Bertz CT molecular complexity index is 951. The lowest BCUT2D eigenvalue weighted by Gasteiger charge is -2.04. The van der Waals surface area contributed by atoms with E-state index < -0.39 is 0 Å². The Morgan fingerprint density at radius 2 is 1.84 bits per heavy atom. The molecule has 1 aromatic carbocycles. The largest absolute Gasteiger partial charge is 0.472 e. The van der Waals surface area contributed by atoms with Crippen molar-refractivity contribution in [1.29, 1.82) is 0 Å². The van der Waals surface area contributed by atoms with E-state index >= 15 is 0 Å². The zero-order valence-corrected chi connectivity index (χ0v) is 14.1. The van der Waals surface area contributed by atoms with Crippen LogP contribution in [0, 0.1) is 0 Å². The molecule has 0 bridgehead atoms. The highest BCUT2D eigenvalue weighted by atomic mass is 32.1. The van der Waals surface area contributed by atoms with E-state index in [1.54, 1.807) is 23.9 Å². The molecule has 0 radical (unpaired) electrons. The molecule has 0 fully saturated rings. The fourth-order valence-electron chi connectivity index (χ4n) is 2.54. The van der Waals surface area contributed by atoms with Crippen LogP contribution in [-0.4, -0.2) is 5.91 Å². The topological polar surface area (TPSA) is 55.4 Å². The molecule has 25 heavy (non-hydrogen) atoms. The van der Waals surface area contributed by atoms with E-state index in [2.05, 4.69) is 16.8 Å². The third-order valence-corrected chi connectivity index (χ3v) is 4.58. The molecular formula is C20H15NO3S. The first kappa shape index (κ1) is 15.5. The Labute approximate surface area is 148 Å². The number of rotatable bonds is 5. The Hall–Kier alpha value is -3.05. The molecule has 4 aromatic rings. The third kappa shape index (κ3) is 3.41. The number of carbonyl (C=O) groups excluding carboxylic acids is 1. The molecule has 3 aromatic heterocycles.